The first-order chi connectivity index (χ1) is 17.5. The number of hydrogen-bond donors (Lipinski definition) is 3. The quantitative estimate of drug-likeness (QED) is 0.459. The maximum Gasteiger partial charge on any atom is 0.255 e. The van der Waals surface area contributed by atoms with Gasteiger partial charge in [-0.15, -0.1) is 0 Å². The van der Waals surface area contributed by atoms with Gasteiger partial charge in [-0.1, -0.05) is 6.07 Å². The van der Waals surface area contributed by atoms with E-state index in [1.165, 1.54) is 13.2 Å². The van der Waals surface area contributed by atoms with Crippen LogP contribution in [0.4, 0.5) is 15.8 Å². The van der Waals surface area contributed by atoms with Gasteiger partial charge >= 0.3 is 0 Å². The number of carbonyl (C=O) groups is 1. The van der Waals surface area contributed by atoms with E-state index in [4.69, 9.17) is 9.47 Å². The second-order valence-corrected chi connectivity index (χ2v) is 9.99. The lowest BCUT2D eigenvalue weighted by Gasteiger charge is -2.23. The second-order valence-electron chi connectivity index (χ2n) is 9.99. The highest BCUT2D eigenvalue weighted by atomic mass is 19.1. The first kappa shape index (κ1) is 22.8. The smallest absolute Gasteiger partial charge is 0.255 e. The van der Waals surface area contributed by atoms with Crippen molar-refractivity contribution in [2.24, 2.45) is 0 Å². The number of ether oxygens (including phenoxy) is 2. The molecule has 0 bridgehead atoms. The molecule has 1 spiro atoms. The summed E-state index contributed by atoms with van der Waals surface area (Å²) in [6, 6.07) is 6.93. The van der Waals surface area contributed by atoms with Crippen molar-refractivity contribution in [2.75, 3.05) is 39.2 Å². The predicted molar refractivity (Wildman–Crippen MR) is 135 cm³/mol. The average molecular weight is 492 g/mol. The number of aromatic amines is 1. The molecule has 1 aliphatic carbocycles. The van der Waals surface area contributed by atoms with E-state index < -0.39 is 5.82 Å². The Labute approximate surface area is 209 Å². The second kappa shape index (κ2) is 8.81. The zero-order chi connectivity index (χ0) is 24.9. The summed E-state index contributed by atoms with van der Waals surface area (Å²) in [5, 5.41) is 6.38. The van der Waals surface area contributed by atoms with Crippen LogP contribution in [-0.4, -0.2) is 60.7 Å². The van der Waals surface area contributed by atoms with Crippen molar-refractivity contribution < 1.29 is 18.7 Å². The summed E-state index contributed by atoms with van der Waals surface area (Å²) < 4.78 is 26.2. The Morgan fingerprint density at radius 3 is 2.92 bits per heavy atom. The molecule has 1 amide bonds. The molecule has 1 aromatic carbocycles. The molecule has 1 saturated carbocycles. The molecule has 3 aromatic rings. The molecule has 36 heavy (non-hydrogen) atoms. The molecule has 6 rings (SSSR count). The van der Waals surface area contributed by atoms with Gasteiger partial charge in [-0.25, -0.2) is 4.39 Å². The number of nitrogens with zero attached hydrogens (tertiary/aromatic N) is 2. The van der Waals surface area contributed by atoms with Crippen LogP contribution in [0.2, 0.25) is 0 Å². The Kier molecular flexibility index (Phi) is 5.59. The van der Waals surface area contributed by atoms with Crippen molar-refractivity contribution in [1.29, 1.82) is 0 Å². The zero-order valence-corrected chi connectivity index (χ0v) is 20.5. The summed E-state index contributed by atoms with van der Waals surface area (Å²) in [4.78, 5) is 23.4. The number of hydrogen-bond acceptors (Lipinski definition) is 6. The van der Waals surface area contributed by atoms with Gasteiger partial charge in [-0.3, -0.25) is 9.78 Å². The van der Waals surface area contributed by atoms with Crippen LogP contribution in [0.5, 0.6) is 11.5 Å². The largest absolute Gasteiger partial charge is 0.492 e. The SMILES string of the molecule is COc1c(F)cccc1Nc1c(-c2ccncc2OC[C@@H]2CCCN2C)[nH]c2c1C(=O)NCC21CC1. The monoisotopic (exact) mass is 491 g/mol. The predicted octanol–water partition coefficient (Wildman–Crippen LogP) is 4.22. The van der Waals surface area contributed by atoms with E-state index in [-0.39, 0.29) is 17.1 Å². The standard InChI is InChI=1S/C27H30FN5O3/c1-33-12-4-5-16(33)14-36-20-13-29-11-8-17(20)22-23(31-19-7-3-6-18(28)24(19)35-2)21-25(32-22)27(9-10-27)15-30-26(21)34/h3,6-8,11,13,16,31-32H,4-5,9-10,12,14-15H2,1-2H3,(H,30,34)/t16-/m0/s1. The third-order valence-electron chi connectivity index (χ3n) is 7.79. The highest BCUT2D eigenvalue weighted by Crippen LogP contribution is 2.54. The van der Waals surface area contributed by atoms with Crippen molar-refractivity contribution in [2.45, 2.75) is 37.1 Å². The summed E-state index contributed by atoms with van der Waals surface area (Å²) in [6.45, 7) is 2.23. The molecule has 188 valence electrons. The molecule has 9 heteroatoms. The van der Waals surface area contributed by atoms with E-state index in [1.54, 1.807) is 24.5 Å². The summed E-state index contributed by atoms with van der Waals surface area (Å²) in [5.74, 6) is 0.0827. The summed E-state index contributed by atoms with van der Waals surface area (Å²) in [5.41, 5.74) is 3.90. The van der Waals surface area contributed by atoms with Crippen molar-refractivity contribution in [3.63, 3.8) is 0 Å². The lowest BCUT2D eigenvalue weighted by molar-refractivity contribution is 0.0938. The number of carbonyl (C=O) groups excluding carboxylic acids is 1. The van der Waals surface area contributed by atoms with Crippen molar-refractivity contribution in [3.05, 3.63) is 53.7 Å². The Balaban J connectivity index is 1.46. The summed E-state index contributed by atoms with van der Waals surface area (Å²) in [6.07, 6.45) is 7.67. The maximum atomic E-state index is 14.5. The number of halogens is 1. The number of H-pyrrole nitrogens is 1. The number of aromatic nitrogens is 2. The molecule has 2 fully saturated rings. The number of rotatable bonds is 7. The van der Waals surface area contributed by atoms with Crippen LogP contribution in [0, 0.1) is 5.82 Å². The van der Waals surface area contributed by atoms with Gasteiger partial charge < -0.3 is 30.0 Å². The van der Waals surface area contributed by atoms with E-state index in [2.05, 4.69) is 32.5 Å². The number of para-hydroxylation sites is 1. The minimum atomic E-state index is -0.481. The molecule has 1 atom stereocenters. The van der Waals surface area contributed by atoms with Crippen LogP contribution in [0.15, 0.2) is 36.7 Å². The third kappa shape index (κ3) is 3.78. The Bertz CT molecular complexity index is 1320. The normalized spacial score (nSPS) is 20.2. The van der Waals surface area contributed by atoms with Crippen LogP contribution >= 0.6 is 0 Å². The van der Waals surface area contributed by atoms with Crippen molar-refractivity contribution in [3.8, 4) is 22.8 Å². The summed E-state index contributed by atoms with van der Waals surface area (Å²) in [7, 11) is 3.55. The molecule has 0 unspecified atom stereocenters. The first-order valence-electron chi connectivity index (χ1n) is 12.4. The molecule has 3 N–H and O–H groups in total. The average Bonchev–Trinajstić information content (AvgIpc) is 3.38. The molecule has 2 aliphatic heterocycles. The Hall–Kier alpha value is -3.59. The zero-order valence-electron chi connectivity index (χ0n) is 20.5. The molecule has 0 radical (unpaired) electrons. The fraction of sp³-hybridized carbons (Fsp3) is 0.407. The van der Waals surface area contributed by atoms with Gasteiger partial charge in [0, 0.05) is 35.5 Å². The lowest BCUT2D eigenvalue weighted by atomic mass is 9.93. The molecular weight excluding hydrogens is 461 g/mol. The Morgan fingerprint density at radius 2 is 2.17 bits per heavy atom. The van der Waals surface area contributed by atoms with Gasteiger partial charge in [0.15, 0.2) is 11.6 Å². The van der Waals surface area contributed by atoms with Crippen molar-refractivity contribution >= 4 is 17.3 Å². The Morgan fingerprint density at radius 1 is 1.31 bits per heavy atom. The van der Waals surface area contributed by atoms with Crippen LogP contribution in [0.3, 0.4) is 0 Å². The minimum Gasteiger partial charge on any atom is -0.492 e. The van der Waals surface area contributed by atoms with E-state index in [1.807, 2.05) is 6.07 Å². The maximum absolute atomic E-state index is 14.5. The number of anilines is 2. The number of nitrogens with one attached hydrogen (secondary N) is 3. The lowest BCUT2D eigenvalue weighted by Crippen LogP contribution is -2.39. The first-order valence-corrected chi connectivity index (χ1v) is 12.4. The highest BCUT2D eigenvalue weighted by Gasteiger charge is 2.51. The number of fused-ring (bicyclic) bond motifs is 2. The highest BCUT2D eigenvalue weighted by molar-refractivity contribution is 6.07. The van der Waals surface area contributed by atoms with E-state index in [0.717, 1.165) is 43.5 Å². The van der Waals surface area contributed by atoms with Gasteiger partial charge in [-0.05, 0) is 57.5 Å². The number of amides is 1. The molecule has 1 saturated heterocycles. The molecule has 3 aliphatic rings. The van der Waals surface area contributed by atoms with Crippen LogP contribution in [0.1, 0.15) is 41.7 Å². The van der Waals surface area contributed by atoms with Gasteiger partial charge in [0.1, 0.15) is 12.4 Å². The van der Waals surface area contributed by atoms with Gasteiger partial charge in [0.25, 0.3) is 5.91 Å². The minimum absolute atomic E-state index is 0.0891. The van der Waals surface area contributed by atoms with E-state index >= 15 is 0 Å². The number of pyridine rings is 1. The number of likely N-dealkylation sites (tertiary alicyclic amines) is 1. The van der Waals surface area contributed by atoms with Crippen LogP contribution in [-0.2, 0) is 5.41 Å². The van der Waals surface area contributed by atoms with E-state index in [0.29, 0.717) is 47.6 Å². The van der Waals surface area contributed by atoms with Gasteiger partial charge in [0.2, 0.25) is 0 Å². The summed E-state index contributed by atoms with van der Waals surface area (Å²) >= 11 is 0. The third-order valence-corrected chi connectivity index (χ3v) is 7.79. The molecule has 2 aromatic heterocycles. The number of benzene rings is 1. The van der Waals surface area contributed by atoms with Crippen molar-refractivity contribution in [1.82, 2.24) is 20.2 Å². The number of methoxy groups -OCH3 is 1. The molecular formula is C27H30FN5O3. The topological polar surface area (TPSA) is 91.5 Å². The number of likely N-dealkylation sites (N-methyl/N-ethyl adjacent to an activating group) is 1. The fourth-order valence-corrected chi connectivity index (χ4v) is 5.48. The van der Waals surface area contributed by atoms with Gasteiger partial charge in [0.05, 0.1) is 35.9 Å². The van der Waals surface area contributed by atoms with Crippen LogP contribution in [0.25, 0.3) is 11.3 Å². The van der Waals surface area contributed by atoms with E-state index in [9.17, 15) is 9.18 Å². The van der Waals surface area contributed by atoms with Gasteiger partial charge in [-0.2, -0.15) is 0 Å². The fourth-order valence-electron chi connectivity index (χ4n) is 5.48. The molecule has 8 nitrogen and oxygen atoms in total. The molecule has 4 heterocycles. The van der Waals surface area contributed by atoms with Crippen LogP contribution < -0.4 is 20.1 Å².